The second-order valence-corrected chi connectivity index (χ2v) is 6.53. The Balaban J connectivity index is 1.47. The van der Waals surface area contributed by atoms with Gasteiger partial charge in [0.1, 0.15) is 0 Å². The van der Waals surface area contributed by atoms with Crippen molar-refractivity contribution in [2.45, 2.75) is 25.8 Å². The fourth-order valence-corrected chi connectivity index (χ4v) is 2.99. The van der Waals surface area contributed by atoms with Crippen molar-refractivity contribution in [3.63, 3.8) is 0 Å². The van der Waals surface area contributed by atoms with Crippen molar-refractivity contribution < 1.29 is 9.59 Å². The second kappa shape index (κ2) is 8.43. The predicted octanol–water partition coefficient (Wildman–Crippen LogP) is 2.82. The molecule has 2 heterocycles. The van der Waals surface area contributed by atoms with Crippen LogP contribution in [0.25, 0.3) is 6.08 Å². The molecule has 1 saturated heterocycles. The average Bonchev–Trinajstić information content (AvgIpc) is 2.68. The highest BCUT2D eigenvalue weighted by Crippen LogP contribution is 2.14. The van der Waals surface area contributed by atoms with Crippen molar-refractivity contribution in [3.8, 4) is 0 Å². The standard InChI is InChI=1S/C21H23N3O2/c1-16-5-7-17(8-6-16)21(26)24-14-11-19(12-15-24)23-20(25)10-9-18-4-2-3-13-22-18/h2-10,13,19H,11-12,14-15H2,1H3,(H,23,25)/b10-9-. The molecule has 1 fully saturated rings. The fraction of sp³-hybridized carbons (Fsp3) is 0.286. The van der Waals surface area contributed by atoms with Crippen LogP contribution in [0, 0.1) is 6.92 Å². The molecule has 1 aromatic carbocycles. The molecule has 1 N–H and O–H groups in total. The molecule has 0 radical (unpaired) electrons. The summed E-state index contributed by atoms with van der Waals surface area (Å²) in [5, 5.41) is 3.00. The number of carbonyl (C=O) groups is 2. The summed E-state index contributed by atoms with van der Waals surface area (Å²) in [5.74, 6) is -0.0659. The molecule has 1 aliphatic rings. The number of carbonyl (C=O) groups excluding carboxylic acids is 2. The van der Waals surface area contributed by atoms with Crippen LogP contribution >= 0.6 is 0 Å². The number of rotatable bonds is 4. The highest BCUT2D eigenvalue weighted by Gasteiger charge is 2.24. The van der Waals surface area contributed by atoms with E-state index < -0.39 is 0 Å². The maximum atomic E-state index is 12.5. The summed E-state index contributed by atoms with van der Waals surface area (Å²) < 4.78 is 0. The molecular formula is C21H23N3O2. The largest absolute Gasteiger partial charge is 0.350 e. The number of likely N-dealkylation sites (tertiary alicyclic amines) is 1. The first-order valence-electron chi connectivity index (χ1n) is 8.87. The molecule has 26 heavy (non-hydrogen) atoms. The van der Waals surface area contributed by atoms with Crippen molar-refractivity contribution in [3.05, 3.63) is 71.6 Å². The minimum absolute atomic E-state index is 0.0600. The van der Waals surface area contributed by atoms with Crippen molar-refractivity contribution in [2.75, 3.05) is 13.1 Å². The van der Waals surface area contributed by atoms with Gasteiger partial charge in [-0.15, -0.1) is 0 Å². The fourth-order valence-electron chi connectivity index (χ4n) is 2.99. The summed E-state index contributed by atoms with van der Waals surface area (Å²) in [5.41, 5.74) is 2.61. The van der Waals surface area contributed by atoms with E-state index in [1.54, 1.807) is 12.3 Å². The lowest BCUT2D eigenvalue weighted by Crippen LogP contribution is -2.46. The van der Waals surface area contributed by atoms with Gasteiger partial charge in [-0.05, 0) is 50.1 Å². The number of aryl methyl sites for hydroxylation is 1. The first-order chi connectivity index (χ1) is 12.6. The highest BCUT2D eigenvalue weighted by molar-refractivity contribution is 5.94. The number of piperidine rings is 1. The molecule has 1 aliphatic heterocycles. The number of hydrogen-bond acceptors (Lipinski definition) is 3. The van der Waals surface area contributed by atoms with E-state index in [0.717, 1.165) is 29.7 Å². The van der Waals surface area contributed by atoms with Crippen molar-refractivity contribution in [1.82, 2.24) is 15.2 Å². The van der Waals surface area contributed by atoms with Gasteiger partial charge < -0.3 is 10.2 Å². The van der Waals surface area contributed by atoms with Gasteiger partial charge in [0.2, 0.25) is 5.91 Å². The zero-order chi connectivity index (χ0) is 18.4. The van der Waals surface area contributed by atoms with E-state index in [1.807, 2.05) is 54.3 Å². The van der Waals surface area contributed by atoms with Crippen LogP contribution in [0.1, 0.15) is 34.5 Å². The van der Waals surface area contributed by atoms with Crippen molar-refractivity contribution in [1.29, 1.82) is 0 Å². The molecule has 0 saturated carbocycles. The Kier molecular flexibility index (Phi) is 5.79. The molecule has 5 heteroatoms. The van der Waals surface area contributed by atoms with Crippen LogP contribution in [-0.2, 0) is 4.79 Å². The molecule has 3 rings (SSSR count). The number of nitrogens with one attached hydrogen (secondary N) is 1. The minimum atomic E-state index is -0.126. The van der Waals surface area contributed by atoms with E-state index in [2.05, 4.69) is 10.3 Å². The summed E-state index contributed by atoms with van der Waals surface area (Å²) in [6, 6.07) is 13.3. The Morgan fingerprint density at radius 1 is 1.12 bits per heavy atom. The van der Waals surface area contributed by atoms with Gasteiger partial charge in [-0.1, -0.05) is 23.8 Å². The van der Waals surface area contributed by atoms with Crippen LogP contribution in [0.5, 0.6) is 0 Å². The lowest BCUT2D eigenvalue weighted by molar-refractivity contribution is -0.117. The Morgan fingerprint density at radius 2 is 1.85 bits per heavy atom. The number of aromatic nitrogens is 1. The van der Waals surface area contributed by atoms with E-state index in [1.165, 1.54) is 6.08 Å². The molecule has 2 aromatic rings. The summed E-state index contributed by atoms with van der Waals surface area (Å²) in [7, 11) is 0. The zero-order valence-electron chi connectivity index (χ0n) is 14.9. The predicted molar refractivity (Wildman–Crippen MR) is 102 cm³/mol. The normalized spacial score (nSPS) is 15.2. The van der Waals surface area contributed by atoms with Crippen molar-refractivity contribution >= 4 is 17.9 Å². The Morgan fingerprint density at radius 3 is 2.50 bits per heavy atom. The first kappa shape index (κ1) is 17.9. The topological polar surface area (TPSA) is 62.3 Å². The van der Waals surface area contributed by atoms with Crippen LogP contribution in [-0.4, -0.2) is 40.8 Å². The highest BCUT2D eigenvalue weighted by atomic mass is 16.2. The third kappa shape index (κ3) is 4.79. The molecule has 0 unspecified atom stereocenters. The quantitative estimate of drug-likeness (QED) is 0.864. The second-order valence-electron chi connectivity index (χ2n) is 6.53. The van der Waals surface area contributed by atoms with E-state index in [0.29, 0.717) is 13.1 Å². The maximum Gasteiger partial charge on any atom is 0.253 e. The Bertz CT molecular complexity index is 777. The smallest absolute Gasteiger partial charge is 0.253 e. The zero-order valence-corrected chi connectivity index (χ0v) is 14.9. The molecule has 0 spiro atoms. The van der Waals surface area contributed by atoms with E-state index in [-0.39, 0.29) is 17.9 Å². The average molecular weight is 349 g/mol. The van der Waals surface area contributed by atoms with Gasteiger partial charge >= 0.3 is 0 Å². The van der Waals surface area contributed by atoms with Gasteiger partial charge in [0, 0.05) is 37.0 Å². The summed E-state index contributed by atoms with van der Waals surface area (Å²) in [6.07, 6.45) is 6.43. The first-order valence-corrected chi connectivity index (χ1v) is 8.87. The van der Waals surface area contributed by atoms with Gasteiger partial charge in [-0.2, -0.15) is 0 Å². The van der Waals surface area contributed by atoms with Crippen LogP contribution in [0.3, 0.4) is 0 Å². The number of benzene rings is 1. The Labute approximate surface area is 153 Å². The minimum Gasteiger partial charge on any atom is -0.350 e. The van der Waals surface area contributed by atoms with Crippen LogP contribution in [0.15, 0.2) is 54.7 Å². The maximum absolute atomic E-state index is 12.5. The number of nitrogens with zero attached hydrogens (tertiary/aromatic N) is 2. The van der Waals surface area contributed by atoms with Gasteiger partial charge in [0.15, 0.2) is 0 Å². The van der Waals surface area contributed by atoms with E-state index in [9.17, 15) is 9.59 Å². The molecule has 0 bridgehead atoms. The molecule has 1 aromatic heterocycles. The molecule has 0 atom stereocenters. The van der Waals surface area contributed by atoms with Gasteiger partial charge in [0.05, 0.1) is 5.69 Å². The summed E-state index contributed by atoms with van der Waals surface area (Å²) in [4.78, 5) is 30.6. The van der Waals surface area contributed by atoms with Gasteiger partial charge in [-0.3, -0.25) is 14.6 Å². The SMILES string of the molecule is Cc1ccc(C(=O)N2CCC(NC(=O)/C=C\c3ccccn3)CC2)cc1. The molecule has 134 valence electrons. The van der Waals surface area contributed by atoms with Crippen LogP contribution in [0.2, 0.25) is 0 Å². The molecule has 2 amide bonds. The third-order valence-corrected chi connectivity index (χ3v) is 4.52. The van der Waals surface area contributed by atoms with E-state index >= 15 is 0 Å². The summed E-state index contributed by atoms with van der Waals surface area (Å²) in [6.45, 7) is 3.31. The monoisotopic (exact) mass is 349 g/mol. The number of pyridine rings is 1. The molecule has 0 aliphatic carbocycles. The van der Waals surface area contributed by atoms with Crippen LogP contribution in [0.4, 0.5) is 0 Å². The van der Waals surface area contributed by atoms with Gasteiger partial charge in [0.25, 0.3) is 5.91 Å². The third-order valence-electron chi connectivity index (χ3n) is 4.52. The Hall–Kier alpha value is -2.95. The van der Waals surface area contributed by atoms with Gasteiger partial charge in [-0.25, -0.2) is 0 Å². The van der Waals surface area contributed by atoms with Crippen molar-refractivity contribution in [2.24, 2.45) is 0 Å². The number of amides is 2. The summed E-state index contributed by atoms with van der Waals surface area (Å²) >= 11 is 0. The lowest BCUT2D eigenvalue weighted by Gasteiger charge is -2.32. The van der Waals surface area contributed by atoms with Crippen LogP contribution < -0.4 is 5.32 Å². The lowest BCUT2D eigenvalue weighted by atomic mass is 10.0. The molecular weight excluding hydrogens is 326 g/mol. The molecule has 5 nitrogen and oxygen atoms in total. The van der Waals surface area contributed by atoms with E-state index in [4.69, 9.17) is 0 Å². The number of hydrogen-bond donors (Lipinski definition) is 1.